The SMILES string of the molecule is CC(=O)Nc1cc2c(-c3cc(OC4CC4)nc(C(C)(F)F)n3)cn(C)c2cn1. The molecule has 3 aromatic heterocycles. The van der Waals surface area contributed by atoms with Gasteiger partial charge in [-0.1, -0.05) is 0 Å². The zero-order valence-corrected chi connectivity index (χ0v) is 15.7. The number of anilines is 1. The molecule has 28 heavy (non-hydrogen) atoms. The second-order valence-corrected chi connectivity index (χ2v) is 7.04. The first-order valence-corrected chi connectivity index (χ1v) is 8.88. The van der Waals surface area contributed by atoms with E-state index < -0.39 is 11.7 Å². The Morgan fingerprint density at radius 2 is 2.07 bits per heavy atom. The Hall–Kier alpha value is -3.10. The molecule has 1 amide bonds. The fourth-order valence-electron chi connectivity index (χ4n) is 2.91. The van der Waals surface area contributed by atoms with Crippen molar-refractivity contribution in [3.63, 3.8) is 0 Å². The molecular formula is C19H19F2N5O2. The minimum absolute atomic E-state index is 0.0177. The lowest BCUT2D eigenvalue weighted by molar-refractivity contribution is -0.114. The van der Waals surface area contributed by atoms with Crippen LogP contribution < -0.4 is 10.1 Å². The van der Waals surface area contributed by atoms with Gasteiger partial charge >= 0.3 is 5.92 Å². The Bertz CT molecular complexity index is 1070. The predicted octanol–water partition coefficient (Wildman–Crippen LogP) is 3.64. The number of amides is 1. The Kier molecular flexibility index (Phi) is 4.24. The lowest BCUT2D eigenvalue weighted by atomic mass is 10.1. The largest absolute Gasteiger partial charge is 0.474 e. The van der Waals surface area contributed by atoms with Gasteiger partial charge in [-0.2, -0.15) is 13.8 Å². The van der Waals surface area contributed by atoms with Crippen molar-refractivity contribution in [1.29, 1.82) is 0 Å². The fourth-order valence-corrected chi connectivity index (χ4v) is 2.91. The summed E-state index contributed by atoms with van der Waals surface area (Å²) >= 11 is 0. The first kappa shape index (κ1) is 18.3. The van der Waals surface area contributed by atoms with Crippen LogP contribution in [0.3, 0.4) is 0 Å². The molecule has 0 spiro atoms. The summed E-state index contributed by atoms with van der Waals surface area (Å²) in [5.74, 6) is -3.53. The third-order valence-electron chi connectivity index (χ3n) is 4.36. The number of alkyl halides is 2. The van der Waals surface area contributed by atoms with Gasteiger partial charge in [0, 0.05) is 44.1 Å². The topological polar surface area (TPSA) is 81.9 Å². The number of pyridine rings is 1. The van der Waals surface area contributed by atoms with Crippen LogP contribution >= 0.6 is 0 Å². The highest BCUT2D eigenvalue weighted by molar-refractivity contribution is 5.98. The van der Waals surface area contributed by atoms with Crippen LogP contribution in [-0.2, 0) is 17.8 Å². The van der Waals surface area contributed by atoms with Crippen LogP contribution in [0.1, 0.15) is 32.5 Å². The number of ether oxygens (including phenoxy) is 1. The zero-order chi connectivity index (χ0) is 20.1. The van der Waals surface area contributed by atoms with Gasteiger partial charge in [0.2, 0.25) is 17.6 Å². The summed E-state index contributed by atoms with van der Waals surface area (Å²) in [5, 5.41) is 3.35. The van der Waals surface area contributed by atoms with Gasteiger partial charge in [0.15, 0.2) is 0 Å². The van der Waals surface area contributed by atoms with Crippen LogP contribution in [0.5, 0.6) is 5.88 Å². The van der Waals surface area contributed by atoms with Gasteiger partial charge in [0.25, 0.3) is 0 Å². The summed E-state index contributed by atoms with van der Waals surface area (Å²) in [6.45, 7) is 2.15. The van der Waals surface area contributed by atoms with Crippen molar-refractivity contribution in [3.05, 3.63) is 30.4 Å². The monoisotopic (exact) mass is 387 g/mol. The van der Waals surface area contributed by atoms with Crippen molar-refractivity contribution in [1.82, 2.24) is 19.5 Å². The van der Waals surface area contributed by atoms with Crippen molar-refractivity contribution in [2.45, 2.75) is 38.7 Å². The van der Waals surface area contributed by atoms with Crippen molar-refractivity contribution >= 4 is 22.6 Å². The van der Waals surface area contributed by atoms with Crippen molar-refractivity contribution in [3.8, 4) is 17.1 Å². The molecule has 1 N–H and O–H groups in total. The average Bonchev–Trinajstić information content (AvgIpc) is 3.35. The summed E-state index contributed by atoms with van der Waals surface area (Å²) in [4.78, 5) is 23.5. The highest BCUT2D eigenvalue weighted by atomic mass is 19.3. The van der Waals surface area contributed by atoms with Gasteiger partial charge in [0.05, 0.1) is 17.4 Å². The quantitative estimate of drug-likeness (QED) is 0.723. The molecule has 0 unspecified atom stereocenters. The van der Waals surface area contributed by atoms with Gasteiger partial charge in [0.1, 0.15) is 11.9 Å². The van der Waals surface area contributed by atoms with E-state index in [2.05, 4.69) is 20.3 Å². The molecule has 0 radical (unpaired) electrons. The molecular weight excluding hydrogens is 368 g/mol. The maximum Gasteiger partial charge on any atom is 0.303 e. The Morgan fingerprint density at radius 3 is 2.71 bits per heavy atom. The number of halogens is 2. The fraction of sp³-hybridized carbons (Fsp3) is 0.368. The van der Waals surface area contributed by atoms with Crippen LogP contribution in [0.2, 0.25) is 0 Å². The number of nitrogens with zero attached hydrogens (tertiary/aromatic N) is 4. The molecule has 7 nitrogen and oxygen atoms in total. The van der Waals surface area contributed by atoms with Crippen molar-refractivity contribution in [2.24, 2.45) is 7.05 Å². The number of rotatable bonds is 5. The molecule has 1 aliphatic rings. The smallest absolute Gasteiger partial charge is 0.303 e. The molecule has 1 aliphatic carbocycles. The van der Waals surface area contributed by atoms with E-state index in [0.29, 0.717) is 17.1 Å². The first-order valence-electron chi connectivity index (χ1n) is 8.88. The van der Waals surface area contributed by atoms with Crippen LogP contribution in [0.4, 0.5) is 14.6 Å². The molecule has 1 saturated carbocycles. The number of aryl methyl sites for hydroxylation is 1. The van der Waals surface area contributed by atoms with E-state index in [1.807, 2.05) is 11.6 Å². The number of carbonyl (C=O) groups is 1. The molecule has 146 valence electrons. The normalized spacial score (nSPS) is 14.3. The van der Waals surface area contributed by atoms with Gasteiger partial charge < -0.3 is 14.6 Å². The highest BCUT2D eigenvalue weighted by Gasteiger charge is 2.31. The summed E-state index contributed by atoms with van der Waals surface area (Å²) < 4.78 is 35.4. The van der Waals surface area contributed by atoms with E-state index in [4.69, 9.17) is 4.74 Å². The summed E-state index contributed by atoms with van der Waals surface area (Å²) in [7, 11) is 1.82. The summed E-state index contributed by atoms with van der Waals surface area (Å²) in [6, 6.07) is 3.26. The number of nitrogens with one attached hydrogen (secondary N) is 1. The van der Waals surface area contributed by atoms with Crippen LogP contribution in [0, 0.1) is 0 Å². The molecule has 0 saturated heterocycles. The van der Waals surface area contributed by atoms with Crippen LogP contribution in [0.15, 0.2) is 24.5 Å². The second-order valence-electron chi connectivity index (χ2n) is 7.04. The molecule has 4 rings (SSSR count). The molecule has 0 atom stereocenters. The highest BCUT2D eigenvalue weighted by Crippen LogP contribution is 2.35. The Balaban J connectivity index is 1.87. The number of hydrogen-bond acceptors (Lipinski definition) is 5. The molecule has 1 fully saturated rings. The lowest BCUT2D eigenvalue weighted by Crippen LogP contribution is -2.14. The maximum atomic E-state index is 14.0. The van der Waals surface area contributed by atoms with Crippen molar-refractivity contribution < 1.29 is 18.3 Å². The molecule has 0 aliphatic heterocycles. The van der Waals surface area contributed by atoms with Crippen LogP contribution in [-0.4, -0.2) is 31.5 Å². The van der Waals surface area contributed by atoms with E-state index in [0.717, 1.165) is 30.7 Å². The molecule has 3 aromatic rings. The Morgan fingerprint density at radius 1 is 1.32 bits per heavy atom. The van der Waals surface area contributed by atoms with E-state index >= 15 is 0 Å². The molecule has 3 heterocycles. The summed E-state index contributed by atoms with van der Waals surface area (Å²) in [6.07, 6.45) is 5.19. The van der Waals surface area contributed by atoms with Gasteiger partial charge in [-0.15, -0.1) is 0 Å². The third kappa shape index (κ3) is 3.64. The van der Waals surface area contributed by atoms with Gasteiger partial charge in [-0.05, 0) is 18.9 Å². The van der Waals surface area contributed by atoms with E-state index in [1.54, 1.807) is 24.5 Å². The van der Waals surface area contributed by atoms with E-state index in [-0.39, 0.29) is 17.9 Å². The second kappa shape index (κ2) is 6.50. The zero-order valence-electron chi connectivity index (χ0n) is 15.7. The van der Waals surface area contributed by atoms with Crippen molar-refractivity contribution in [2.75, 3.05) is 5.32 Å². The molecule has 9 heteroatoms. The van der Waals surface area contributed by atoms with E-state index in [9.17, 15) is 13.6 Å². The number of hydrogen-bond donors (Lipinski definition) is 1. The standard InChI is InChI=1S/C19H19F2N5O2/c1-10(27)23-16-6-12-13(9-26(3)15(12)8-22-16)14-7-17(28-11-4-5-11)25-18(24-14)19(2,20)21/h6-9,11H,4-5H2,1-3H3,(H,22,23,27). The van der Waals surface area contributed by atoms with Crippen LogP contribution in [0.25, 0.3) is 22.2 Å². The maximum absolute atomic E-state index is 14.0. The number of aromatic nitrogens is 4. The third-order valence-corrected chi connectivity index (χ3v) is 4.36. The summed E-state index contributed by atoms with van der Waals surface area (Å²) in [5.41, 5.74) is 1.73. The predicted molar refractivity (Wildman–Crippen MR) is 99.3 cm³/mol. The van der Waals surface area contributed by atoms with Gasteiger partial charge in [-0.25, -0.2) is 9.97 Å². The molecule has 0 bridgehead atoms. The average molecular weight is 387 g/mol. The lowest BCUT2D eigenvalue weighted by Gasteiger charge is -2.13. The molecule has 0 aromatic carbocycles. The minimum atomic E-state index is -3.20. The van der Waals surface area contributed by atoms with Gasteiger partial charge in [-0.3, -0.25) is 4.79 Å². The minimum Gasteiger partial charge on any atom is -0.474 e. The Labute approximate surface area is 159 Å². The first-order chi connectivity index (χ1) is 13.2. The number of carbonyl (C=O) groups excluding carboxylic acids is 1. The number of fused-ring (bicyclic) bond motifs is 1. The van der Waals surface area contributed by atoms with E-state index in [1.165, 1.54) is 6.92 Å².